The summed E-state index contributed by atoms with van der Waals surface area (Å²) in [6.07, 6.45) is -8.61. The molecule has 140 valence electrons. The predicted molar refractivity (Wildman–Crippen MR) is 73.7 cm³/mol. The number of nitrogens with one attached hydrogen (secondary N) is 1. The lowest BCUT2D eigenvalue weighted by atomic mass is 10.2. The molecule has 1 aromatic rings. The third-order valence-electron chi connectivity index (χ3n) is 2.65. The summed E-state index contributed by atoms with van der Waals surface area (Å²) in [5, 5.41) is 10.6. The van der Waals surface area contributed by atoms with Gasteiger partial charge in [-0.15, -0.1) is 0 Å². The van der Waals surface area contributed by atoms with Crippen LogP contribution in [0, 0.1) is 0 Å². The summed E-state index contributed by atoms with van der Waals surface area (Å²) in [6, 6.07) is 3.38. The zero-order chi connectivity index (χ0) is 19.0. The van der Waals surface area contributed by atoms with Crippen molar-refractivity contribution in [2.24, 2.45) is 0 Å². The van der Waals surface area contributed by atoms with Gasteiger partial charge in [-0.05, 0) is 12.1 Å². The van der Waals surface area contributed by atoms with Gasteiger partial charge in [0.1, 0.15) is 6.04 Å². The van der Waals surface area contributed by atoms with Crippen LogP contribution < -0.4 is 14.8 Å². The number of halogens is 5. The lowest BCUT2D eigenvalue weighted by Crippen LogP contribution is -2.44. The Balaban J connectivity index is 2.62. The minimum absolute atomic E-state index is 0.192. The number of carboxylic acid groups (broad SMARTS) is 1. The first-order valence-electron chi connectivity index (χ1n) is 6.80. The van der Waals surface area contributed by atoms with E-state index in [1.165, 1.54) is 24.3 Å². The molecule has 2 N–H and O–H groups in total. The molecule has 0 aromatic heterocycles. The van der Waals surface area contributed by atoms with E-state index in [0.29, 0.717) is 0 Å². The molecule has 1 amide bonds. The molecule has 11 heteroatoms. The Bertz CT molecular complexity index is 593. The largest absolute Gasteiger partial charge is 0.480 e. The molecular weight excluding hydrogens is 357 g/mol. The number of aliphatic carboxylic acids is 1. The molecule has 0 radical (unpaired) electrons. The highest BCUT2D eigenvalue weighted by Crippen LogP contribution is 2.28. The van der Waals surface area contributed by atoms with Gasteiger partial charge in [-0.1, -0.05) is 12.1 Å². The molecule has 0 saturated carbocycles. The molecule has 6 nitrogen and oxygen atoms in total. The van der Waals surface area contributed by atoms with Crippen molar-refractivity contribution in [3.05, 3.63) is 24.3 Å². The number of hydrogen-bond donors (Lipinski definition) is 2. The van der Waals surface area contributed by atoms with Crippen LogP contribution in [0.25, 0.3) is 0 Å². The van der Waals surface area contributed by atoms with Crippen LogP contribution in [0.3, 0.4) is 0 Å². The van der Waals surface area contributed by atoms with Crippen molar-refractivity contribution < 1.29 is 46.1 Å². The number of ether oxygens (including phenoxy) is 2. The quantitative estimate of drug-likeness (QED) is 0.651. The van der Waals surface area contributed by atoms with E-state index in [-0.39, 0.29) is 11.5 Å². The standard InChI is InChI=1S/C14H14F5NO5/c15-11(16)5-8(13(22)23)20-12(21)6-24-9-3-1-2-4-10(9)25-7-14(17,18)19/h1-4,8,11H,5-7H2,(H,20,21)(H,22,23). The first-order chi connectivity index (χ1) is 11.6. The summed E-state index contributed by atoms with van der Waals surface area (Å²) in [7, 11) is 0. The van der Waals surface area contributed by atoms with Gasteiger partial charge in [-0.25, -0.2) is 13.6 Å². The van der Waals surface area contributed by atoms with Crippen LogP contribution in [-0.2, 0) is 9.59 Å². The third-order valence-corrected chi connectivity index (χ3v) is 2.65. The van der Waals surface area contributed by atoms with Crippen LogP contribution in [0.2, 0.25) is 0 Å². The molecule has 1 rings (SSSR count). The van der Waals surface area contributed by atoms with Crippen molar-refractivity contribution in [1.82, 2.24) is 5.32 Å². The Kier molecular flexibility index (Phi) is 7.40. The van der Waals surface area contributed by atoms with Crippen LogP contribution in [0.4, 0.5) is 22.0 Å². The second kappa shape index (κ2) is 9.04. The monoisotopic (exact) mass is 371 g/mol. The number of rotatable bonds is 9. The van der Waals surface area contributed by atoms with Crippen LogP contribution in [0.15, 0.2) is 24.3 Å². The molecule has 0 heterocycles. The van der Waals surface area contributed by atoms with Crippen molar-refractivity contribution in [2.75, 3.05) is 13.2 Å². The fraction of sp³-hybridized carbons (Fsp3) is 0.429. The Morgan fingerprint density at radius 1 is 1.12 bits per heavy atom. The Labute approximate surface area is 138 Å². The predicted octanol–water partition coefficient (Wildman–Crippen LogP) is 2.23. The van der Waals surface area contributed by atoms with Gasteiger partial charge in [0.2, 0.25) is 6.43 Å². The van der Waals surface area contributed by atoms with Crippen molar-refractivity contribution >= 4 is 11.9 Å². The van der Waals surface area contributed by atoms with Gasteiger partial charge >= 0.3 is 12.1 Å². The zero-order valence-corrected chi connectivity index (χ0v) is 12.6. The van der Waals surface area contributed by atoms with E-state index < -0.39 is 50.2 Å². The van der Waals surface area contributed by atoms with Gasteiger partial charge in [0.05, 0.1) is 0 Å². The van der Waals surface area contributed by atoms with E-state index in [9.17, 15) is 31.5 Å². The molecule has 0 aliphatic heterocycles. The minimum Gasteiger partial charge on any atom is -0.480 e. The molecule has 0 fully saturated rings. The molecule has 0 saturated heterocycles. The first kappa shape index (κ1) is 20.5. The van der Waals surface area contributed by atoms with Gasteiger partial charge in [-0.3, -0.25) is 4.79 Å². The number of amides is 1. The van der Waals surface area contributed by atoms with E-state index in [1.54, 1.807) is 0 Å². The van der Waals surface area contributed by atoms with E-state index >= 15 is 0 Å². The Morgan fingerprint density at radius 2 is 1.68 bits per heavy atom. The van der Waals surface area contributed by atoms with Gasteiger partial charge in [0.25, 0.3) is 5.91 Å². The van der Waals surface area contributed by atoms with Crippen LogP contribution in [-0.4, -0.2) is 48.8 Å². The lowest BCUT2D eigenvalue weighted by molar-refractivity contribution is -0.153. The Morgan fingerprint density at radius 3 is 2.16 bits per heavy atom. The number of carbonyl (C=O) groups excluding carboxylic acids is 1. The topological polar surface area (TPSA) is 84.9 Å². The van der Waals surface area contributed by atoms with Crippen LogP contribution >= 0.6 is 0 Å². The second-order valence-electron chi connectivity index (χ2n) is 4.72. The summed E-state index contributed by atoms with van der Waals surface area (Å²) in [5.41, 5.74) is 0. The van der Waals surface area contributed by atoms with E-state index in [0.717, 1.165) is 0 Å². The van der Waals surface area contributed by atoms with E-state index in [1.807, 2.05) is 5.32 Å². The molecule has 25 heavy (non-hydrogen) atoms. The van der Waals surface area contributed by atoms with Crippen molar-refractivity contribution in [3.63, 3.8) is 0 Å². The highest BCUT2D eigenvalue weighted by Gasteiger charge is 2.29. The average molecular weight is 371 g/mol. The Hall–Kier alpha value is -2.59. The molecule has 0 bridgehead atoms. The summed E-state index contributed by atoms with van der Waals surface area (Å²) < 4.78 is 70.4. The van der Waals surface area contributed by atoms with Crippen molar-refractivity contribution in [1.29, 1.82) is 0 Å². The number of alkyl halides is 5. The molecule has 1 unspecified atom stereocenters. The second-order valence-corrected chi connectivity index (χ2v) is 4.72. The van der Waals surface area contributed by atoms with E-state index in [4.69, 9.17) is 9.84 Å². The van der Waals surface area contributed by atoms with Crippen LogP contribution in [0.5, 0.6) is 11.5 Å². The maximum Gasteiger partial charge on any atom is 0.422 e. The summed E-state index contributed by atoms with van der Waals surface area (Å²) in [4.78, 5) is 22.3. The molecule has 1 atom stereocenters. The number of hydrogen-bond acceptors (Lipinski definition) is 4. The number of benzene rings is 1. The average Bonchev–Trinajstić information content (AvgIpc) is 2.49. The van der Waals surface area contributed by atoms with Gasteiger partial charge < -0.3 is 19.9 Å². The highest BCUT2D eigenvalue weighted by atomic mass is 19.4. The number of carboxylic acids is 1. The molecule has 0 aliphatic carbocycles. The summed E-state index contributed by atoms with van der Waals surface area (Å²) in [6.45, 7) is -2.37. The lowest BCUT2D eigenvalue weighted by Gasteiger charge is -2.16. The highest BCUT2D eigenvalue weighted by molar-refractivity contribution is 5.84. The van der Waals surface area contributed by atoms with Gasteiger partial charge in [-0.2, -0.15) is 13.2 Å². The van der Waals surface area contributed by atoms with Gasteiger partial charge in [0, 0.05) is 6.42 Å². The molecule has 1 aromatic carbocycles. The first-order valence-corrected chi connectivity index (χ1v) is 6.80. The SMILES string of the molecule is O=C(COc1ccccc1OCC(F)(F)F)NC(CC(F)F)C(=O)O. The van der Waals surface area contributed by atoms with Gasteiger partial charge in [0.15, 0.2) is 24.7 Å². The zero-order valence-electron chi connectivity index (χ0n) is 12.6. The van der Waals surface area contributed by atoms with Crippen molar-refractivity contribution in [2.45, 2.75) is 25.1 Å². The molecular formula is C14H14F5NO5. The fourth-order valence-corrected chi connectivity index (χ4v) is 1.63. The maximum absolute atomic E-state index is 12.2. The summed E-state index contributed by atoms with van der Waals surface area (Å²) >= 11 is 0. The molecule has 0 spiro atoms. The van der Waals surface area contributed by atoms with E-state index in [2.05, 4.69) is 4.74 Å². The normalized spacial score (nSPS) is 12.6. The summed E-state index contributed by atoms with van der Waals surface area (Å²) in [5.74, 6) is -3.15. The van der Waals surface area contributed by atoms with Crippen molar-refractivity contribution in [3.8, 4) is 11.5 Å². The number of para-hydroxylation sites is 2. The smallest absolute Gasteiger partial charge is 0.422 e. The fourth-order valence-electron chi connectivity index (χ4n) is 1.63. The maximum atomic E-state index is 12.2. The molecule has 0 aliphatic rings. The minimum atomic E-state index is -4.57. The third kappa shape index (κ3) is 8.18. The number of carbonyl (C=O) groups is 2. The van der Waals surface area contributed by atoms with Crippen LogP contribution in [0.1, 0.15) is 6.42 Å².